The number of hydrogen-bond acceptors (Lipinski definition) is 2. The highest BCUT2D eigenvalue weighted by molar-refractivity contribution is 9.10. The Morgan fingerprint density at radius 1 is 0.562 bits per heavy atom. The normalized spacial score (nSPS) is 9.12. The van der Waals surface area contributed by atoms with Gasteiger partial charge in [-0.05, 0) is 48.5 Å². The molecule has 0 bridgehead atoms. The third-order valence-corrected chi connectivity index (χ3v) is 2.71. The van der Waals surface area contributed by atoms with Gasteiger partial charge in [-0.2, -0.15) is 0 Å². The highest BCUT2D eigenvalue weighted by atomic mass is 79.9. The first kappa shape index (κ1) is 13.1. The van der Waals surface area contributed by atoms with Gasteiger partial charge in [0.15, 0.2) is 0 Å². The van der Waals surface area contributed by atoms with Crippen LogP contribution in [0.25, 0.3) is 0 Å². The Bertz CT molecular complexity index is 338. The zero-order valence-electron chi connectivity index (χ0n) is 8.27. The van der Waals surface area contributed by atoms with Crippen LogP contribution < -0.4 is 0 Å². The van der Waals surface area contributed by atoms with Crippen molar-refractivity contribution in [3.63, 3.8) is 0 Å². The lowest BCUT2D eigenvalue weighted by atomic mass is 10.3. The van der Waals surface area contributed by atoms with Gasteiger partial charge in [-0.3, -0.25) is 0 Å². The van der Waals surface area contributed by atoms with Crippen molar-refractivity contribution in [2.75, 3.05) is 0 Å². The maximum absolute atomic E-state index is 8.74. The fourth-order valence-corrected chi connectivity index (χ4v) is 1.41. The predicted molar refractivity (Wildman–Crippen MR) is 71.6 cm³/mol. The molecule has 0 unspecified atom stereocenters. The molecule has 0 saturated carbocycles. The van der Waals surface area contributed by atoms with Crippen molar-refractivity contribution in [2.45, 2.75) is 0 Å². The van der Waals surface area contributed by atoms with Crippen molar-refractivity contribution < 1.29 is 10.2 Å². The van der Waals surface area contributed by atoms with E-state index in [4.69, 9.17) is 10.2 Å². The Morgan fingerprint density at radius 3 is 1.00 bits per heavy atom. The summed E-state index contributed by atoms with van der Waals surface area (Å²) in [6.07, 6.45) is 0. The van der Waals surface area contributed by atoms with Crippen LogP contribution in [0.3, 0.4) is 0 Å². The molecule has 2 rings (SSSR count). The maximum atomic E-state index is 8.74. The number of phenols is 2. The smallest absolute Gasteiger partial charge is 0.115 e. The molecule has 0 aliphatic rings. The molecule has 0 aliphatic heterocycles. The summed E-state index contributed by atoms with van der Waals surface area (Å²) in [5.41, 5.74) is 0. The molecule has 0 spiro atoms. The van der Waals surface area contributed by atoms with Crippen LogP contribution in [0.5, 0.6) is 11.5 Å². The highest BCUT2D eigenvalue weighted by Gasteiger charge is 1.84. The molecule has 2 aromatic carbocycles. The van der Waals surface area contributed by atoms with E-state index in [9.17, 15) is 0 Å². The fourth-order valence-electron chi connectivity index (χ4n) is 0.882. The molecule has 0 amide bonds. The van der Waals surface area contributed by atoms with Crippen molar-refractivity contribution in [1.82, 2.24) is 0 Å². The van der Waals surface area contributed by atoms with Crippen LogP contribution in [0.15, 0.2) is 57.5 Å². The molecule has 0 radical (unpaired) electrons. The topological polar surface area (TPSA) is 40.5 Å². The lowest BCUT2D eigenvalue weighted by molar-refractivity contribution is 0.474. The van der Waals surface area contributed by atoms with E-state index < -0.39 is 0 Å². The van der Waals surface area contributed by atoms with Crippen LogP contribution in [0.2, 0.25) is 0 Å². The van der Waals surface area contributed by atoms with Crippen molar-refractivity contribution in [1.29, 1.82) is 0 Å². The number of phenolic OH excluding ortho intramolecular Hbond substituents is 2. The first-order valence-electron chi connectivity index (χ1n) is 4.47. The third-order valence-electron chi connectivity index (χ3n) is 1.65. The van der Waals surface area contributed by atoms with Gasteiger partial charge >= 0.3 is 0 Å². The Balaban J connectivity index is 0.000000160. The summed E-state index contributed by atoms with van der Waals surface area (Å²) >= 11 is 6.47. The molecule has 0 atom stereocenters. The summed E-state index contributed by atoms with van der Waals surface area (Å²) in [6, 6.07) is 13.7. The molecule has 0 fully saturated rings. The summed E-state index contributed by atoms with van der Waals surface area (Å²) in [5, 5.41) is 17.5. The minimum atomic E-state index is 0.299. The van der Waals surface area contributed by atoms with Gasteiger partial charge in [-0.25, -0.2) is 0 Å². The third kappa shape index (κ3) is 5.19. The van der Waals surface area contributed by atoms with Crippen molar-refractivity contribution in [3.05, 3.63) is 57.5 Å². The van der Waals surface area contributed by atoms with Crippen LogP contribution in [0, 0.1) is 0 Å². The zero-order valence-corrected chi connectivity index (χ0v) is 11.4. The second-order valence-electron chi connectivity index (χ2n) is 2.95. The molecule has 0 heterocycles. The maximum Gasteiger partial charge on any atom is 0.115 e. The molecule has 2 nitrogen and oxygen atoms in total. The summed E-state index contributed by atoms with van der Waals surface area (Å²) in [6.45, 7) is 0. The van der Waals surface area contributed by atoms with Gasteiger partial charge in [0, 0.05) is 8.95 Å². The van der Waals surface area contributed by atoms with Crippen LogP contribution in [-0.4, -0.2) is 10.2 Å². The molecule has 84 valence electrons. The quantitative estimate of drug-likeness (QED) is 0.746. The Labute approximate surface area is 111 Å². The van der Waals surface area contributed by atoms with Crippen LogP contribution in [0.4, 0.5) is 0 Å². The molecule has 2 N–H and O–H groups in total. The zero-order chi connectivity index (χ0) is 12.0. The van der Waals surface area contributed by atoms with E-state index in [-0.39, 0.29) is 0 Å². The van der Waals surface area contributed by atoms with Crippen molar-refractivity contribution >= 4 is 31.9 Å². The first-order chi connectivity index (χ1) is 7.58. The van der Waals surface area contributed by atoms with Gasteiger partial charge in [-0.15, -0.1) is 0 Å². The van der Waals surface area contributed by atoms with Gasteiger partial charge < -0.3 is 10.2 Å². The number of benzene rings is 2. The average molecular weight is 346 g/mol. The Kier molecular flexibility index (Phi) is 5.35. The Hall–Kier alpha value is -1.00. The average Bonchev–Trinajstić information content (AvgIpc) is 2.28. The van der Waals surface area contributed by atoms with Gasteiger partial charge in [0.1, 0.15) is 11.5 Å². The monoisotopic (exact) mass is 344 g/mol. The lowest BCUT2D eigenvalue weighted by Crippen LogP contribution is -1.61. The van der Waals surface area contributed by atoms with E-state index >= 15 is 0 Å². The minimum absolute atomic E-state index is 0.299. The molecule has 4 heteroatoms. The first-order valence-corrected chi connectivity index (χ1v) is 6.05. The Morgan fingerprint density at radius 2 is 0.812 bits per heavy atom. The second-order valence-corrected chi connectivity index (χ2v) is 4.78. The highest BCUT2D eigenvalue weighted by Crippen LogP contribution is 2.14. The van der Waals surface area contributed by atoms with Crippen molar-refractivity contribution in [3.8, 4) is 11.5 Å². The van der Waals surface area contributed by atoms with E-state index in [0.29, 0.717) is 11.5 Å². The molecular weight excluding hydrogens is 336 g/mol. The minimum Gasteiger partial charge on any atom is -0.508 e. The van der Waals surface area contributed by atoms with Gasteiger partial charge in [0.25, 0.3) is 0 Å². The summed E-state index contributed by atoms with van der Waals surface area (Å²) in [5.74, 6) is 0.599. The molecule has 2 aromatic rings. The number of rotatable bonds is 0. The van der Waals surface area contributed by atoms with E-state index in [1.807, 2.05) is 0 Å². The SMILES string of the molecule is Oc1ccc(Br)cc1.Oc1ccc(Br)cc1. The second kappa shape index (κ2) is 6.55. The molecule has 16 heavy (non-hydrogen) atoms. The van der Waals surface area contributed by atoms with Crippen LogP contribution in [0.1, 0.15) is 0 Å². The standard InChI is InChI=1S/2C6H5BrO/c2*7-5-1-3-6(8)4-2-5/h2*1-4,8H. The molecular formula is C12H10Br2O2. The number of halogens is 2. The fraction of sp³-hybridized carbons (Fsp3) is 0. The molecule has 0 aliphatic carbocycles. The largest absolute Gasteiger partial charge is 0.508 e. The van der Waals surface area contributed by atoms with Crippen LogP contribution >= 0.6 is 31.9 Å². The van der Waals surface area contributed by atoms with E-state index in [1.165, 1.54) is 0 Å². The lowest BCUT2D eigenvalue weighted by Gasteiger charge is -1.87. The molecule has 0 aromatic heterocycles. The number of aromatic hydroxyl groups is 2. The van der Waals surface area contributed by atoms with Crippen LogP contribution in [-0.2, 0) is 0 Å². The molecule has 0 saturated heterocycles. The van der Waals surface area contributed by atoms with E-state index in [2.05, 4.69) is 31.9 Å². The predicted octanol–water partition coefficient (Wildman–Crippen LogP) is 4.31. The van der Waals surface area contributed by atoms with E-state index in [0.717, 1.165) is 8.95 Å². The summed E-state index contributed by atoms with van der Waals surface area (Å²) in [4.78, 5) is 0. The summed E-state index contributed by atoms with van der Waals surface area (Å²) < 4.78 is 1.96. The van der Waals surface area contributed by atoms with E-state index in [1.54, 1.807) is 48.5 Å². The summed E-state index contributed by atoms with van der Waals surface area (Å²) in [7, 11) is 0. The van der Waals surface area contributed by atoms with Crippen molar-refractivity contribution in [2.24, 2.45) is 0 Å². The van der Waals surface area contributed by atoms with Gasteiger partial charge in [0.05, 0.1) is 0 Å². The van der Waals surface area contributed by atoms with Gasteiger partial charge in [0.2, 0.25) is 0 Å². The van der Waals surface area contributed by atoms with Gasteiger partial charge in [-0.1, -0.05) is 31.9 Å². The number of hydrogen-bond donors (Lipinski definition) is 2.